The van der Waals surface area contributed by atoms with Crippen molar-refractivity contribution in [2.45, 2.75) is 38.7 Å². The molecule has 0 aromatic carbocycles. The van der Waals surface area contributed by atoms with Gasteiger partial charge in [0.05, 0.1) is 5.69 Å². The van der Waals surface area contributed by atoms with E-state index in [9.17, 15) is 0 Å². The number of pyridine rings is 1. The molecule has 82 valence electrons. The van der Waals surface area contributed by atoms with Crippen molar-refractivity contribution in [2.75, 3.05) is 5.73 Å². The average molecular weight is 206 g/mol. The first-order chi connectivity index (χ1) is 7.25. The van der Waals surface area contributed by atoms with Gasteiger partial charge >= 0.3 is 0 Å². The number of ether oxygens (including phenoxy) is 1. The van der Waals surface area contributed by atoms with Crippen molar-refractivity contribution in [3.8, 4) is 5.88 Å². The topological polar surface area (TPSA) is 48.1 Å². The molecule has 0 spiro atoms. The SMILES string of the molecule is CC1CCCC(Oc2ncccc2N)C1. The largest absolute Gasteiger partial charge is 0.473 e. The number of nitrogens with two attached hydrogens (primary N) is 1. The average Bonchev–Trinajstić information content (AvgIpc) is 2.22. The minimum absolute atomic E-state index is 0.297. The zero-order valence-electron chi connectivity index (χ0n) is 9.15. The lowest BCUT2D eigenvalue weighted by molar-refractivity contribution is 0.125. The molecule has 0 amide bonds. The van der Waals surface area contributed by atoms with Gasteiger partial charge in [0.15, 0.2) is 0 Å². The van der Waals surface area contributed by atoms with Crippen molar-refractivity contribution in [1.82, 2.24) is 4.98 Å². The van der Waals surface area contributed by atoms with Gasteiger partial charge in [-0.1, -0.05) is 13.3 Å². The number of nitrogen functional groups attached to an aromatic ring is 1. The Hall–Kier alpha value is -1.25. The summed E-state index contributed by atoms with van der Waals surface area (Å²) in [6.07, 6.45) is 6.83. The zero-order valence-corrected chi connectivity index (χ0v) is 9.15. The molecule has 0 saturated heterocycles. The van der Waals surface area contributed by atoms with Crippen LogP contribution in [0.1, 0.15) is 32.6 Å². The highest BCUT2D eigenvalue weighted by Gasteiger charge is 2.21. The number of hydrogen-bond donors (Lipinski definition) is 1. The van der Waals surface area contributed by atoms with E-state index in [0.717, 1.165) is 18.8 Å². The predicted octanol–water partition coefficient (Wildman–Crippen LogP) is 2.62. The lowest BCUT2D eigenvalue weighted by atomic mass is 9.89. The van der Waals surface area contributed by atoms with Crippen molar-refractivity contribution in [2.24, 2.45) is 5.92 Å². The molecule has 2 atom stereocenters. The molecule has 2 rings (SSSR count). The van der Waals surface area contributed by atoms with Crippen LogP contribution in [-0.2, 0) is 0 Å². The van der Waals surface area contributed by atoms with Gasteiger partial charge in [-0.05, 0) is 37.3 Å². The van der Waals surface area contributed by atoms with Gasteiger partial charge in [-0.2, -0.15) is 0 Å². The Kier molecular flexibility index (Phi) is 3.09. The minimum Gasteiger partial charge on any atom is -0.473 e. The van der Waals surface area contributed by atoms with Crippen molar-refractivity contribution in [3.05, 3.63) is 18.3 Å². The quantitative estimate of drug-likeness (QED) is 0.809. The maximum absolute atomic E-state index is 5.82. The molecular weight excluding hydrogens is 188 g/mol. The number of hydrogen-bond acceptors (Lipinski definition) is 3. The smallest absolute Gasteiger partial charge is 0.237 e. The van der Waals surface area contributed by atoms with Crippen LogP contribution in [0.4, 0.5) is 5.69 Å². The molecule has 15 heavy (non-hydrogen) atoms. The van der Waals surface area contributed by atoms with Crippen LogP contribution in [0.2, 0.25) is 0 Å². The molecule has 1 saturated carbocycles. The fraction of sp³-hybridized carbons (Fsp3) is 0.583. The highest BCUT2D eigenvalue weighted by Crippen LogP contribution is 2.28. The van der Waals surface area contributed by atoms with Gasteiger partial charge in [0.2, 0.25) is 5.88 Å². The predicted molar refractivity (Wildman–Crippen MR) is 60.7 cm³/mol. The molecule has 1 fully saturated rings. The van der Waals surface area contributed by atoms with Crippen LogP contribution in [0.25, 0.3) is 0 Å². The fourth-order valence-corrected chi connectivity index (χ4v) is 2.15. The van der Waals surface area contributed by atoms with Crippen LogP contribution in [-0.4, -0.2) is 11.1 Å². The highest BCUT2D eigenvalue weighted by atomic mass is 16.5. The first kappa shape index (κ1) is 10.3. The molecule has 0 bridgehead atoms. The van der Waals surface area contributed by atoms with E-state index in [1.807, 2.05) is 12.1 Å². The highest BCUT2D eigenvalue weighted by molar-refractivity contribution is 5.46. The second-order valence-corrected chi connectivity index (χ2v) is 4.41. The van der Waals surface area contributed by atoms with E-state index < -0.39 is 0 Å². The van der Waals surface area contributed by atoms with Crippen LogP contribution >= 0.6 is 0 Å². The van der Waals surface area contributed by atoms with E-state index in [0.29, 0.717) is 17.7 Å². The first-order valence-electron chi connectivity index (χ1n) is 5.63. The van der Waals surface area contributed by atoms with Gasteiger partial charge in [0.1, 0.15) is 6.10 Å². The van der Waals surface area contributed by atoms with Crippen molar-refractivity contribution in [1.29, 1.82) is 0 Å². The third-order valence-corrected chi connectivity index (χ3v) is 2.97. The van der Waals surface area contributed by atoms with Gasteiger partial charge < -0.3 is 10.5 Å². The normalized spacial score (nSPS) is 26.2. The Bertz CT molecular complexity index is 327. The van der Waals surface area contributed by atoms with Crippen LogP contribution in [0.3, 0.4) is 0 Å². The molecule has 0 radical (unpaired) electrons. The number of anilines is 1. The zero-order chi connectivity index (χ0) is 10.7. The lowest BCUT2D eigenvalue weighted by Crippen LogP contribution is -2.24. The summed E-state index contributed by atoms with van der Waals surface area (Å²) < 4.78 is 5.82. The molecule has 1 aromatic heterocycles. The van der Waals surface area contributed by atoms with Crippen LogP contribution in [0.5, 0.6) is 5.88 Å². The van der Waals surface area contributed by atoms with Crippen LogP contribution < -0.4 is 10.5 Å². The fourth-order valence-electron chi connectivity index (χ4n) is 2.15. The molecule has 2 N–H and O–H groups in total. The van der Waals surface area contributed by atoms with E-state index in [1.165, 1.54) is 12.8 Å². The molecule has 3 nitrogen and oxygen atoms in total. The van der Waals surface area contributed by atoms with Gasteiger partial charge in [0, 0.05) is 6.20 Å². The Morgan fingerprint density at radius 1 is 1.47 bits per heavy atom. The third-order valence-electron chi connectivity index (χ3n) is 2.97. The van der Waals surface area contributed by atoms with Gasteiger partial charge in [-0.3, -0.25) is 0 Å². The Morgan fingerprint density at radius 3 is 3.07 bits per heavy atom. The van der Waals surface area contributed by atoms with Crippen molar-refractivity contribution in [3.63, 3.8) is 0 Å². The van der Waals surface area contributed by atoms with Crippen molar-refractivity contribution >= 4 is 5.69 Å². The van der Waals surface area contributed by atoms with E-state index in [2.05, 4.69) is 11.9 Å². The maximum Gasteiger partial charge on any atom is 0.237 e. The van der Waals surface area contributed by atoms with E-state index >= 15 is 0 Å². The summed E-state index contributed by atoms with van der Waals surface area (Å²) in [6.45, 7) is 2.28. The summed E-state index contributed by atoms with van der Waals surface area (Å²) in [5.74, 6) is 1.35. The maximum atomic E-state index is 5.82. The van der Waals surface area contributed by atoms with E-state index in [1.54, 1.807) is 6.20 Å². The van der Waals surface area contributed by atoms with Gasteiger partial charge in [0.25, 0.3) is 0 Å². The molecule has 0 aliphatic heterocycles. The molecular formula is C12H18N2O. The van der Waals surface area contributed by atoms with Crippen molar-refractivity contribution < 1.29 is 4.74 Å². The van der Waals surface area contributed by atoms with E-state index in [-0.39, 0.29) is 0 Å². The Morgan fingerprint density at radius 2 is 2.33 bits per heavy atom. The number of rotatable bonds is 2. The summed E-state index contributed by atoms with van der Waals surface area (Å²) in [5.41, 5.74) is 6.42. The summed E-state index contributed by atoms with van der Waals surface area (Å²) >= 11 is 0. The molecule has 3 heteroatoms. The molecule has 1 aromatic rings. The van der Waals surface area contributed by atoms with Crippen LogP contribution in [0.15, 0.2) is 18.3 Å². The van der Waals surface area contributed by atoms with Crippen LogP contribution in [0, 0.1) is 5.92 Å². The number of aromatic nitrogens is 1. The molecule has 1 aliphatic rings. The summed E-state index contributed by atoms with van der Waals surface area (Å²) in [5, 5.41) is 0. The van der Waals surface area contributed by atoms with Gasteiger partial charge in [-0.15, -0.1) is 0 Å². The van der Waals surface area contributed by atoms with E-state index in [4.69, 9.17) is 10.5 Å². The molecule has 1 heterocycles. The first-order valence-corrected chi connectivity index (χ1v) is 5.63. The lowest BCUT2D eigenvalue weighted by Gasteiger charge is -2.27. The molecule has 2 unspecified atom stereocenters. The second-order valence-electron chi connectivity index (χ2n) is 4.41. The Labute approximate surface area is 90.7 Å². The summed E-state index contributed by atoms with van der Waals surface area (Å²) in [7, 11) is 0. The minimum atomic E-state index is 0.297. The molecule has 1 aliphatic carbocycles. The summed E-state index contributed by atoms with van der Waals surface area (Å²) in [4.78, 5) is 4.15. The second kappa shape index (κ2) is 4.51. The summed E-state index contributed by atoms with van der Waals surface area (Å²) in [6, 6.07) is 3.65. The third kappa shape index (κ3) is 2.61. The monoisotopic (exact) mass is 206 g/mol. The Balaban J connectivity index is 1.99. The number of nitrogens with zero attached hydrogens (tertiary/aromatic N) is 1. The van der Waals surface area contributed by atoms with Gasteiger partial charge in [-0.25, -0.2) is 4.98 Å². The standard InChI is InChI=1S/C12H18N2O/c1-9-4-2-5-10(8-9)15-12-11(13)6-3-7-14-12/h3,6-7,9-10H,2,4-5,8,13H2,1H3.